The predicted octanol–water partition coefficient (Wildman–Crippen LogP) is 3.18. The molecule has 2 aromatic carbocycles. The Bertz CT molecular complexity index is 1130. The van der Waals surface area contributed by atoms with Crippen LogP contribution in [-0.4, -0.2) is 52.5 Å². The van der Waals surface area contributed by atoms with E-state index in [-0.39, 0.29) is 17.9 Å². The SMILES string of the molecule is CC(O)(CNC(=O)C1(NC(=O)OCC2c3ccccc3-c3ccccc32)CC2(CCC2)C1)C(=O)O. The number of hydrogen-bond acceptors (Lipinski definition) is 5. The highest BCUT2D eigenvalue weighted by molar-refractivity contribution is 5.92. The molecule has 1 unspecified atom stereocenters. The minimum atomic E-state index is -2.10. The monoisotopic (exact) mass is 478 g/mol. The van der Waals surface area contributed by atoms with Gasteiger partial charge in [0.25, 0.3) is 0 Å². The molecule has 5 rings (SSSR count). The van der Waals surface area contributed by atoms with Crippen LogP contribution in [0.4, 0.5) is 4.79 Å². The number of rotatable bonds is 7. The number of aliphatic carboxylic acids is 1. The molecule has 0 radical (unpaired) electrons. The van der Waals surface area contributed by atoms with E-state index in [0.717, 1.165) is 48.4 Å². The van der Waals surface area contributed by atoms with Gasteiger partial charge in [-0.25, -0.2) is 9.59 Å². The van der Waals surface area contributed by atoms with Crippen molar-refractivity contribution in [2.75, 3.05) is 13.2 Å². The van der Waals surface area contributed by atoms with E-state index < -0.39 is 35.7 Å². The molecule has 0 bridgehead atoms. The molecule has 0 heterocycles. The molecule has 2 fully saturated rings. The van der Waals surface area contributed by atoms with Gasteiger partial charge in [0.05, 0.1) is 6.54 Å². The van der Waals surface area contributed by atoms with Crippen molar-refractivity contribution in [3.63, 3.8) is 0 Å². The first-order valence-corrected chi connectivity index (χ1v) is 12.0. The summed E-state index contributed by atoms with van der Waals surface area (Å²) in [7, 11) is 0. The van der Waals surface area contributed by atoms with E-state index in [1.807, 2.05) is 36.4 Å². The minimum Gasteiger partial charge on any atom is -0.479 e. The first kappa shape index (κ1) is 23.4. The summed E-state index contributed by atoms with van der Waals surface area (Å²) in [6, 6.07) is 16.1. The number of carboxylic acid groups (broad SMARTS) is 1. The highest BCUT2D eigenvalue weighted by Crippen LogP contribution is 2.60. The van der Waals surface area contributed by atoms with Crippen LogP contribution in [0.1, 0.15) is 56.1 Å². The van der Waals surface area contributed by atoms with Crippen molar-refractivity contribution < 1.29 is 29.3 Å². The lowest BCUT2D eigenvalue weighted by molar-refractivity contribution is -0.157. The van der Waals surface area contributed by atoms with E-state index in [2.05, 4.69) is 22.8 Å². The number of amides is 2. The number of hydrogen-bond donors (Lipinski definition) is 4. The second-order valence-electron chi connectivity index (χ2n) is 10.5. The van der Waals surface area contributed by atoms with Gasteiger partial charge in [-0.05, 0) is 60.3 Å². The smallest absolute Gasteiger partial charge is 0.408 e. The molecule has 2 aromatic rings. The van der Waals surface area contributed by atoms with Crippen LogP contribution in [0.2, 0.25) is 0 Å². The number of carbonyl (C=O) groups excluding carboxylic acids is 2. The van der Waals surface area contributed by atoms with Gasteiger partial charge in [-0.15, -0.1) is 0 Å². The topological polar surface area (TPSA) is 125 Å². The second kappa shape index (κ2) is 8.37. The lowest BCUT2D eigenvalue weighted by Crippen LogP contribution is -2.71. The maximum atomic E-state index is 13.1. The maximum absolute atomic E-state index is 13.1. The molecule has 2 amide bonds. The van der Waals surface area contributed by atoms with Gasteiger partial charge < -0.3 is 25.6 Å². The Labute approximate surface area is 203 Å². The third-order valence-corrected chi connectivity index (χ3v) is 7.94. The lowest BCUT2D eigenvalue weighted by atomic mass is 9.48. The number of benzene rings is 2. The molecule has 4 N–H and O–H groups in total. The number of carboxylic acids is 1. The van der Waals surface area contributed by atoms with Crippen molar-refractivity contribution in [2.45, 2.75) is 56.1 Å². The summed E-state index contributed by atoms with van der Waals surface area (Å²) in [6.45, 7) is 0.800. The van der Waals surface area contributed by atoms with E-state index in [9.17, 15) is 19.5 Å². The molecule has 184 valence electrons. The van der Waals surface area contributed by atoms with E-state index >= 15 is 0 Å². The fraction of sp³-hybridized carbons (Fsp3) is 0.444. The fourth-order valence-electron chi connectivity index (χ4n) is 5.89. The van der Waals surface area contributed by atoms with Crippen LogP contribution in [0.3, 0.4) is 0 Å². The summed E-state index contributed by atoms with van der Waals surface area (Å²) in [5.74, 6) is -2.02. The van der Waals surface area contributed by atoms with Crippen molar-refractivity contribution in [3.8, 4) is 11.1 Å². The van der Waals surface area contributed by atoms with E-state index in [1.165, 1.54) is 0 Å². The van der Waals surface area contributed by atoms with Crippen LogP contribution in [0.15, 0.2) is 48.5 Å². The molecule has 1 spiro atoms. The van der Waals surface area contributed by atoms with Gasteiger partial charge in [0.2, 0.25) is 5.91 Å². The van der Waals surface area contributed by atoms with Crippen LogP contribution in [0.5, 0.6) is 0 Å². The first-order chi connectivity index (χ1) is 16.6. The number of fused-ring (bicyclic) bond motifs is 3. The Kier molecular flexibility index (Phi) is 5.59. The molecule has 3 aliphatic carbocycles. The molecular formula is C27H30N2O6. The van der Waals surface area contributed by atoms with E-state index in [4.69, 9.17) is 9.84 Å². The van der Waals surface area contributed by atoms with E-state index in [0.29, 0.717) is 12.8 Å². The van der Waals surface area contributed by atoms with Crippen LogP contribution in [0.25, 0.3) is 11.1 Å². The van der Waals surface area contributed by atoms with Crippen LogP contribution >= 0.6 is 0 Å². The molecule has 3 aliphatic rings. The summed E-state index contributed by atoms with van der Waals surface area (Å²) in [5, 5.41) is 24.4. The lowest BCUT2D eigenvalue weighted by Gasteiger charge is -2.59. The first-order valence-electron chi connectivity index (χ1n) is 12.0. The molecule has 1 atom stereocenters. The summed E-state index contributed by atoms with van der Waals surface area (Å²) >= 11 is 0. The van der Waals surface area contributed by atoms with Gasteiger partial charge >= 0.3 is 12.1 Å². The maximum Gasteiger partial charge on any atom is 0.408 e. The number of carbonyl (C=O) groups is 3. The molecule has 0 aliphatic heterocycles. The summed E-state index contributed by atoms with van der Waals surface area (Å²) in [4.78, 5) is 37.2. The van der Waals surface area contributed by atoms with Gasteiger partial charge in [-0.1, -0.05) is 55.0 Å². The largest absolute Gasteiger partial charge is 0.479 e. The zero-order valence-electron chi connectivity index (χ0n) is 19.7. The molecular weight excluding hydrogens is 448 g/mol. The highest BCUT2D eigenvalue weighted by Gasteiger charge is 2.61. The highest BCUT2D eigenvalue weighted by atomic mass is 16.5. The molecule has 0 aromatic heterocycles. The van der Waals surface area contributed by atoms with Crippen molar-refractivity contribution in [3.05, 3.63) is 59.7 Å². The van der Waals surface area contributed by atoms with E-state index in [1.54, 1.807) is 0 Å². The Morgan fingerprint density at radius 2 is 1.60 bits per heavy atom. The van der Waals surface area contributed by atoms with Gasteiger partial charge in [0.1, 0.15) is 12.1 Å². The average Bonchev–Trinajstić information content (AvgIpc) is 3.10. The molecule has 0 saturated heterocycles. The number of nitrogens with one attached hydrogen (secondary N) is 2. The molecule has 2 saturated carbocycles. The van der Waals surface area contributed by atoms with Crippen LogP contribution in [-0.2, 0) is 14.3 Å². The molecule has 8 heteroatoms. The fourth-order valence-corrected chi connectivity index (χ4v) is 5.89. The van der Waals surface area contributed by atoms with Crippen LogP contribution in [0, 0.1) is 5.41 Å². The zero-order valence-corrected chi connectivity index (χ0v) is 19.7. The Balaban J connectivity index is 1.26. The third-order valence-electron chi connectivity index (χ3n) is 7.94. The summed E-state index contributed by atoms with van der Waals surface area (Å²) in [5.41, 5.74) is 1.23. The number of ether oxygens (including phenoxy) is 1. The van der Waals surface area contributed by atoms with Gasteiger partial charge in [0, 0.05) is 5.92 Å². The van der Waals surface area contributed by atoms with Crippen molar-refractivity contribution >= 4 is 18.0 Å². The minimum absolute atomic E-state index is 0.0449. The standard InChI is InChI=1S/C27H30N2O6/c1-25(34,23(31)32)16-28-22(30)27(14-26(15-27)11-6-12-26)29-24(33)35-13-21-19-9-4-2-7-17(19)18-8-3-5-10-20(18)21/h2-5,7-10,21,34H,6,11-16H2,1H3,(H,28,30)(H,29,33)(H,31,32). The predicted molar refractivity (Wildman–Crippen MR) is 128 cm³/mol. The second-order valence-corrected chi connectivity index (χ2v) is 10.5. The average molecular weight is 479 g/mol. The Morgan fingerprint density at radius 3 is 2.11 bits per heavy atom. The van der Waals surface area contributed by atoms with Crippen molar-refractivity contribution in [1.29, 1.82) is 0 Å². The molecule has 8 nitrogen and oxygen atoms in total. The van der Waals surface area contributed by atoms with Gasteiger partial charge in [-0.3, -0.25) is 4.79 Å². The van der Waals surface area contributed by atoms with Crippen molar-refractivity contribution in [1.82, 2.24) is 10.6 Å². The number of aliphatic hydroxyl groups is 1. The summed E-state index contributed by atoms with van der Waals surface area (Å²) in [6.07, 6.45) is 3.37. The van der Waals surface area contributed by atoms with Gasteiger partial charge in [0.15, 0.2) is 5.60 Å². The molecule has 35 heavy (non-hydrogen) atoms. The number of alkyl carbamates (subject to hydrolysis) is 1. The van der Waals surface area contributed by atoms with Crippen LogP contribution < -0.4 is 10.6 Å². The summed E-state index contributed by atoms with van der Waals surface area (Å²) < 4.78 is 5.65. The third kappa shape index (κ3) is 4.05. The van der Waals surface area contributed by atoms with Gasteiger partial charge in [-0.2, -0.15) is 0 Å². The normalized spacial score (nSPS) is 20.4. The van der Waals surface area contributed by atoms with Crippen molar-refractivity contribution in [2.24, 2.45) is 5.41 Å². The Morgan fingerprint density at radius 1 is 1.03 bits per heavy atom. The zero-order chi connectivity index (χ0) is 24.8. The Hall–Kier alpha value is -3.39. The quantitative estimate of drug-likeness (QED) is 0.484.